The Morgan fingerprint density at radius 3 is 1.50 bits per heavy atom. The summed E-state index contributed by atoms with van der Waals surface area (Å²) in [6.45, 7) is 3.70. The number of halogens is 4. The zero-order valence-corrected chi connectivity index (χ0v) is 36.2. The minimum atomic E-state index is -4.46. The number of hydrogen-bond donors (Lipinski definition) is 0. The van der Waals surface area contributed by atoms with Crippen molar-refractivity contribution in [3.63, 3.8) is 0 Å². The molecule has 0 aliphatic carbocycles. The highest BCUT2D eigenvalue weighted by Crippen LogP contribution is 2.57. The number of hydrogen-bond acceptors (Lipinski definition) is 4. The lowest BCUT2D eigenvalue weighted by atomic mass is 9.86. The summed E-state index contributed by atoms with van der Waals surface area (Å²) in [4.78, 5) is 5.19. The topological polar surface area (TPSA) is 7.94 Å². The van der Waals surface area contributed by atoms with Gasteiger partial charge in [0.15, 0.2) is 5.70 Å². The van der Waals surface area contributed by atoms with Crippen molar-refractivity contribution in [3.05, 3.63) is 180 Å². The maximum atomic E-state index is 18.4. The van der Waals surface area contributed by atoms with Crippen LogP contribution in [0.3, 0.4) is 0 Å². The number of thioether (sulfide) groups is 2. The summed E-state index contributed by atoms with van der Waals surface area (Å²) in [5.74, 6) is 0. The Kier molecular flexibility index (Phi) is 10.8. The first kappa shape index (κ1) is 37.7. The summed E-state index contributed by atoms with van der Waals surface area (Å²) in [6, 6.07) is 42.6. The number of aromatic nitrogens is 1. The molecule has 6 aromatic rings. The second-order valence-electron chi connectivity index (χ2n) is 13.3. The standard InChI is InChI=1S/C43H33BBr2F2N2S4/c1-26-10-18-31(19-11-26)51-40-36(45)42(53-33-22-14-28(3)15-23-33)49-38(40)35(30-8-6-5-7-9-30)39-41(52-32-20-12-27(2)13-21-32)37(46)43(50(39)44(49,47)48)54-34-24-16-29(4)17-25-34/h5-25H,1-4H3. The predicted molar refractivity (Wildman–Crippen MR) is 234 cm³/mol. The van der Waals surface area contributed by atoms with Gasteiger partial charge in [-0.15, -0.1) is 0 Å². The zero-order valence-electron chi connectivity index (χ0n) is 29.7. The molecule has 0 saturated carbocycles. The van der Waals surface area contributed by atoms with Crippen LogP contribution in [-0.2, 0) is 0 Å². The molecule has 8 rings (SSSR count). The third-order valence-electron chi connectivity index (χ3n) is 9.23. The van der Waals surface area contributed by atoms with Crippen molar-refractivity contribution < 1.29 is 13.1 Å². The fourth-order valence-corrected chi connectivity index (χ4v) is 12.3. The first-order valence-electron chi connectivity index (χ1n) is 17.3. The van der Waals surface area contributed by atoms with Gasteiger partial charge in [0.1, 0.15) is 9.39 Å². The third-order valence-corrected chi connectivity index (χ3v) is 16.3. The molecule has 2 aliphatic heterocycles. The first-order chi connectivity index (χ1) is 26.0. The Hall–Kier alpha value is -3.19. The highest BCUT2D eigenvalue weighted by atomic mass is 79.9. The highest BCUT2D eigenvalue weighted by Gasteiger charge is 2.59. The van der Waals surface area contributed by atoms with Gasteiger partial charge < -0.3 is 17.6 Å². The largest absolute Gasteiger partial charge is 0.738 e. The molecule has 0 atom stereocenters. The summed E-state index contributed by atoms with van der Waals surface area (Å²) >= 11 is 13.6. The molecule has 1 aromatic heterocycles. The quantitative estimate of drug-likeness (QED) is 0.141. The van der Waals surface area contributed by atoms with Crippen molar-refractivity contribution in [1.82, 2.24) is 4.48 Å². The third kappa shape index (κ3) is 7.16. The van der Waals surface area contributed by atoms with Gasteiger partial charge in [-0.2, -0.15) is 0 Å². The molecule has 11 heteroatoms. The monoisotopic (exact) mass is 912 g/mol. The fraction of sp³-hybridized carbons (Fsp3) is 0.0930. The van der Waals surface area contributed by atoms with Crippen LogP contribution in [0.5, 0.6) is 0 Å². The second kappa shape index (κ2) is 15.4. The molecule has 0 unspecified atom stereocenters. The Labute approximate surface area is 348 Å². The van der Waals surface area contributed by atoms with Crippen LogP contribution in [0.4, 0.5) is 8.63 Å². The lowest BCUT2D eigenvalue weighted by Crippen LogP contribution is -2.51. The van der Waals surface area contributed by atoms with Gasteiger partial charge in [0, 0.05) is 25.3 Å². The van der Waals surface area contributed by atoms with Gasteiger partial charge in [-0.1, -0.05) is 136 Å². The van der Waals surface area contributed by atoms with Crippen LogP contribution in [0.25, 0.3) is 5.57 Å². The maximum absolute atomic E-state index is 18.4. The fourth-order valence-electron chi connectivity index (χ4n) is 6.46. The van der Waals surface area contributed by atoms with E-state index in [0.29, 0.717) is 30.4 Å². The SMILES string of the molecule is Cc1ccc(SC2=C(Br)C(Sc3ccc(C)cc3)=[N+]3C2=C(c2ccccc2)c2c(Sc4ccc(C)cc4)c(Br)c(Sc4ccc(C)cc4)n2[B-]3(F)F)cc1. The molecule has 3 heterocycles. The molecule has 54 heavy (non-hydrogen) atoms. The van der Waals surface area contributed by atoms with Crippen LogP contribution < -0.4 is 0 Å². The van der Waals surface area contributed by atoms with Gasteiger partial charge in [0.05, 0.1) is 20.0 Å². The van der Waals surface area contributed by atoms with Crippen LogP contribution in [0.15, 0.2) is 176 Å². The second-order valence-corrected chi connectivity index (χ2v) is 19.2. The summed E-state index contributed by atoms with van der Waals surface area (Å²) in [5.41, 5.74) is 7.09. The van der Waals surface area contributed by atoms with Crippen LogP contribution in [0.2, 0.25) is 0 Å². The lowest BCUT2D eigenvalue weighted by molar-refractivity contribution is -0.359. The Balaban J connectivity index is 1.46. The van der Waals surface area contributed by atoms with E-state index in [2.05, 4.69) is 94.2 Å². The van der Waals surface area contributed by atoms with Gasteiger partial charge >= 0.3 is 6.97 Å². The molecule has 0 N–H and O–H groups in total. The van der Waals surface area contributed by atoms with Crippen LogP contribution in [-0.4, -0.2) is 21.0 Å². The molecule has 0 spiro atoms. The Bertz CT molecular complexity index is 2500. The molecule has 0 saturated heterocycles. The van der Waals surface area contributed by atoms with E-state index in [1.165, 1.54) is 56.0 Å². The molecule has 0 bridgehead atoms. The van der Waals surface area contributed by atoms with E-state index in [4.69, 9.17) is 0 Å². The summed E-state index contributed by atoms with van der Waals surface area (Å²) in [6.07, 6.45) is 0. The van der Waals surface area contributed by atoms with Crippen molar-refractivity contribution in [1.29, 1.82) is 0 Å². The molecule has 0 fully saturated rings. The van der Waals surface area contributed by atoms with Gasteiger partial charge in [0.25, 0.3) is 0 Å². The first-order valence-corrected chi connectivity index (χ1v) is 22.2. The summed E-state index contributed by atoms with van der Waals surface area (Å²) < 4.78 is 40.7. The molecule has 0 amide bonds. The van der Waals surface area contributed by atoms with Crippen molar-refractivity contribution in [2.24, 2.45) is 0 Å². The van der Waals surface area contributed by atoms with E-state index in [0.717, 1.165) is 62.8 Å². The van der Waals surface area contributed by atoms with E-state index in [9.17, 15) is 0 Å². The van der Waals surface area contributed by atoms with Gasteiger partial charge in [0.2, 0.25) is 5.04 Å². The molecule has 5 aromatic carbocycles. The summed E-state index contributed by atoms with van der Waals surface area (Å²) in [7, 11) is 0. The van der Waals surface area contributed by atoms with Gasteiger partial charge in [-0.25, -0.2) is 0 Å². The van der Waals surface area contributed by atoms with E-state index >= 15 is 8.63 Å². The Morgan fingerprint density at radius 2 is 1.00 bits per heavy atom. The molecule has 2 aliphatic rings. The van der Waals surface area contributed by atoms with Gasteiger partial charge in [-0.3, -0.25) is 0 Å². The minimum absolute atomic E-state index is 0.455. The maximum Gasteiger partial charge on any atom is 0.738 e. The highest BCUT2D eigenvalue weighted by molar-refractivity contribution is 9.12. The molecular weight excluding hydrogens is 881 g/mol. The zero-order chi connectivity index (χ0) is 37.7. The van der Waals surface area contributed by atoms with E-state index in [-0.39, 0.29) is 0 Å². The van der Waals surface area contributed by atoms with Crippen LogP contribution in [0, 0.1) is 27.7 Å². The predicted octanol–water partition coefficient (Wildman–Crippen LogP) is 14.4. The van der Waals surface area contributed by atoms with Crippen molar-refractivity contribution in [3.8, 4) is 0 Å². The number of rotatable bonds is 8. The van der Waals surface area contributed by atoms with Crippen molar-refractivity contribution >= 4 is 96.5 Å². The molecule has 270 valence electrons. The average Bonchev–Trinajstić information content (AvgIpc) is 3.59. The molecule has 2 nitrogen and oxygen atoms in total. The molecular formula is C43H33BBr2F2N2S4. The minimum Gasteiger partial charge on any atom is -0.389 e. The average molecular weight is 915 g/mol. The summed E-state index contributed by atoms with van der Waals surface area (Å²) in [5, 5.41) is 0.910. The normalized spacial score (nSPS) is 14.9. The van der Waals surface area contributed by atoms with Gasteiger partial charge in [-0.05, 0) is 125 Å². The van der Waals surface area contributed by atoms with Crippen molar-refractivity contribution in [2.45, 2.75) is 57.2 Å². The number of aryl methyl sites for hydroxylation is 4. The Morgan fingerprint density at radius 1 is 0.556 bits per heavy atom. The smallest absolute Gasteiger partial charge is 0.389 e. The number of nitrogens with zero attached hydrogens (tertiary/aromatic N) is 2. The van der Waals surface area contributed by atoms with E-state index < -0.39 is 6.97 Å². The van der Waals surface area contributed by atoms with Crippen LogP contribution in [0.1, 0.15) is 33.5 Å². The van der Waals surface area contributed by atoms with Crippen molar-refractivity contribution in [2.75, 3.05) is 0 Å². The van der Waals surface area contributed by atoms with Crippen LogP contribution >= 0.6 is 78.9 Å². The van der Waals surface area contributed by atoms with E-state index in [1.807, 2.05) is 92.7 Å². The number of fused-ring (bicyclic) bond motifs is 2. The molecule has 0 radical (unpaired) electrons. The van der Waals surface area contributed by atoms with E-state index in [1.54, 1.807) is 0 Å². The number of benzene rings is 5. The lowest BCUT2D eigenvalue weighted by Gasteiger charge is -2.34.